The second-order valence-corrected chi connectivity index (χ2v) is 5.32. The van der Waals surface area contributed by atoms with Gasteiger partial charge in [0.05, 0.1) is 0 Å². The number of alkyl carbamates (subject to hydrolysis) is 1. The van der Waals surface area contributed by atoms with Crippen molar-refractivity contribution >= 4 is 18.0 Å². The number of rotatable bonds is 7. The maximum absolute atomic E-state index is 11.7. The zero-order chi connectivity index (χ0) is 16.5. The summed E-state index contributed by atoms with van der Waals surface area (Å²) < 4.78 is 9.88. The molecule has 1 atom stereocenters. The van der Waals surface area contributed by atoms with E-state index in [1.54, 1.807) is 20.8 Å². The number of ether oxygens (including phenoxy) is 2. The van der Waals surface area contributed by atoms with E-state index in [1.807, 2.05) is 0 Å². The summed E-state index contributed by atoms with van der Waals surface area (Å²) in [5.41, 5.74) is -0.666. The van der Waals surface area contributed by atoms with Gasteiger partial charge in [-0.25, -0.2) is 4.79 Å². The summed E-state index contributed by atoms with van der Waals surface area (Å²) in [6.07, 6.45) is 0.861. The Morgan fingerprint density at radius 1 is 1.29 bits per heavy atom. The minimum atomic E-state index is -0.860. The van der Waals surface area contributed by atoms with Crippen LogP contribution < -0.4 is 10.6 Å². The fourth-order valence-electron chi connectivity index (χ4n) is 1.38. The van der Waals surface area contributed by atoms with Crippen molar-refractivity contribution in [3.63, 3.8) is 0 Å². The first-order chi connectivity index (χ1) is 9.69. The van der Waals surface area contributed by atoms with Crippen LogP contribution in [0.3, 0.4) is 0 Å². The Hall–Kier alpha value is -2.05. The van der Waals surface area contributed by atoms with Crippen molar-refractivity contribution in [1.82, 2.24) is 10.6 Å². The van der Waals surface area contributed by atoms with Crippen LogP contribution in [-0.4, -0.2) is 43.3 Å². The number of carbonyl (C=O) groups excluding carboxylic acids is 3. The van der Waals surface area contributed by atoms with Gasteiger partial charge in [-0.05, 0) is 27.2 Å². The molecule has 2 N–H and O–H groups in total. The minimum Gasteiger partial charge on any atom is -0.461 e. The number of nitrogens with one attached hydrogen (secondary N) is 2. The van der Waals surface area contributed by atoms with Crippen LogP contribution in [0.15, 0.2) is 12.7 Å². The molecule has 0 fully saturated rings. The van der Waals surface area contributed by atoms with Crippen LogP contribution in [0, 0.1) is 0 Å². The Balaban J connectivity index is 4.46. The molecule has 0 saturated carbocycles. The van der Waals surface area contributed by atoms with Gasteiger partial charge in [0.1, 0.15) is 18.2 Å². The fraction of sp³-hybridized carbons (Fsp3) is 0.643. The second-order valence-electron chi connectivity index (χ2n) is 5.32. The molecular formula is C14H24N2O5. The SMILES string of the molecule is C=CCOC(=O)CC[C@@H](NC(=O)OC(C)(C)C)C(=O)NC. The number of likely N-dealkylation sites (N-methyl/N-ethyl adjacent to an activating group) is 1. The van der Waals surface area contributed by atoms with Gasteiger partial charge in [0.25, 0.3) is 0 Å². The van der Waals surface area contributed by atoms with Gasteiger partial charge in [0.2, 0.25) is 5.91 Å². The lowest BCUT2D eigenvalue weighted by Gasteiger charge is -2.22. The molecule has 0 aromatic rings. The molecule has 0 spiro atoms. The Morgan fingerprint density at radius 3 is 2.38 bits per heavy atom. The standard InChI is InChI=1S/C14H24N2O5/c1-6-9-20-11(17)8-7-10(12(18)15-5)16-13(19)21-14(2,3)4/h6,10H,1,7-9H2,2-5H3,(H,15,18)(H,16,19)/t10-/m1/s1. The molecule has 0 rings (SSSR count). The number of hydrogen-bond donors (Lipinski definition) is 2. The predicted molar refractivity (Wildman–Crippen MR) is 77.6 cm³/mol. The molecule has 0 unspecified atom stereocenters. The van der Waals surface area contributed by atoms with Gasteiger partial charge in [0.15, 0.2) is 0 Å². The van der Waals surface area contributed by atoms with Crippen molar-refractivity contribution in [1.29, 1.82) is 0 Å². The minimum absolute atomic E-state index is 0.00171. The van der Waals surface area contributed by atoms with Crippen molar-refractivity contribution in [2.24, 2.45) is 0 Å². The Labute approximate surface area is 125 Å². The number of amides is 2. The molecular weight excluding hydrogens is 276 g/mol. The summed E-state index contributed by atoms with van der Waals surface area (Å²) in [4.78, 5) is 34.7. The molecule has 0 aromatic heterocycles. The van der Waals surface area contributed by atoms with E-state index in [-0.39, 0.29) is 19.4 Å². The van der Waals surface area contributed by atoms with Crippen molar-refractivity contribution in [3.05, 3.63) is 12.7 Å². The number of hydrogen-bond acceptors (Lipinski definition) is 5. The second kappa shape index (κ2) is 8.99. The average molecular weight is 300 g/mol. The van der Waals surface area contributed by atoms with Crippen LogP contribution in [0.4, 0.5) is 4.79 Å². The van der Waals surface area contributed by atoms with E-state index in [4.69, 9.17) is 9.47 Å². The fourth-order valence-corrected chi connectivity index (χ4v) is 1.38. The summed E-state index contributed by atoms with van der Waals surface area (Å²) >= 11 is 0. The summed E-state index contributed by atoms with van der Waals surface area (Å²) in [5.74, 6) is -0.868. The van der Waals surface area contributed by atoms with Crippen molar-refractivity contribution < 1.29 is 23.9 Å². The van der Waals surface area contributed by atoms with Crippen LogP contribution >= 0.6 is 0 Å². The summed E-state index contributed by atoms with van der Waals surface area (Å²) in [7, 11) is 1.45. The van der Waals surface area contributed by atoms with E-state index in [0.717, 1.165) is 0 Å². The lowest BCUT2D eigenvalue weighted by atomic mass is 10.1. The molecule has 0 radical (unpaired) electrons. The van der Waals surface area contributed by atoms with Gasteiger partial charge in [0, 0.05) is 13.5 Å². The highest BCUT2D eigenvalue weighted by Gasteiger charge is 2.24. The maximum atomic E-state index is 11.7. The van der Waals surface area contributed by atoms with Crippen LogP contribution in [0.1, 0.15) is 33.6 Å². The van der Waals surface area contributed by atoms with E-state index < -0.39 is 29.6 Å². The van der Waals surface area contributed by atoms with E-state index >= 15 is 0 Å². The van der Waals surface area contributed by atoms with Crippen LogP contribution in [0.25, 0.3) is 0 Å². The van der Waals surface area contributed by atoms with Crippen molar-refractivity contribution in [2.75, 3.05) is 13.7 Å². The number of esters is 1. The van der Waals surface area contributed by atoms with Crippen LogP contribution in [-0.2, 0) is 19.1 Å². The predicted octanol–water partition coefficient (Wildman–Crippen LogP) is 1.14. The van der Waals surface area contributed by atoms with E-state index in [2.05, 4.69) is 17.2 Å². The van der Waals surface area contributed by atoms with Gasteiger partial charge in [-0.2, -0.15) is 0 Å². The smallest absolute Gasteiger partial charge is 0.408 e. The topological polar surface area (TPSA) is 93.7 Å². The number of carbonyl (C=O) groups is 3. The Bertz CT molecular complexity index is 387. The monoisotopic (exact) mass is 300 g/mol. The molecule has 0 aliphatic rings. The van der Waals surface area contributed by atoms with Crippen LogP contribution in [0.2, 0.25) is 0 Å². The summed E-state index contributed by atoms with van der Waals surface area (Å²) in [5, 5.41) is 4.86. The first-order valence-electron chi connectivity index (χ1n) is 6.67. The Morgan fingerprint density at radius 2 is 1.90 bits per heavy atom. The third kappa shape index (κ3) is 9.48. The normalized spacial score (nSPS) is 12.0. The quantitative estimate of drug-likeness (QED) is 0.543. The zero-order valence-corrected chi connectivity index (χ0v) is 13.0. The molecule has 7 heteroatoms. The highest BCUT2D eigenvalue weighted by molar-refractivity contribution is 5.86. The Kier molecular flexibility index (Phi) is 8.11. The molecule has 0 aromatic carbocycles. The third-order valence-corrected chi connectivity index (χ3v) is 2.25. The molecule has 0 bridgehead atoms. The molecule has 0 aliphatic carbocycles. The molecule has 7 nitrogen and oxygen atoms in total. The van der Waals surface area contributed by atoms with E-state index in [9.17, 15) is 14.4 Å². The summed E-state index contributed by atoms with van der Waals surface area (Å²) in [6.45, 7) is 8.69. The first-order valence-corrected chi connectivity index (χ1v) is 6.67. The lowest BCUT2D eigenvalue weighted by Crippen LogP contribution is -2.47. The van der Waals surface area contributed by atoms with Gasteiger partial charge < -0.3 is 20.1 Å². The molecule has 0 saturated heterocycles. The van der Waals surface area contributed by atoms with Gasteiger partial charge in [-0.1, -0.05) is 12.7 Å². The van der Waals surface area contributed by atoms with Crippen molar-refractivity contribution in [3.8, 4) is 0 Å². The van der Waals surface area contributed by atoms with Crippen LogP contribution in [0.5, 0.6) is 0 Å². The lowest BCUT2D eigenvalue weighted by molar-refractivity contribution is -0.142. The van der Waals surface area contributed by atoms with E-state index in [0.29, 0.717) is 0 Å². The van der Waals surface area contributed by atoms with Gasteiger partial charge >= 0.3 is 12.1 Å². The maximum Gasteiger partial charge on any atom is 0.408 e. The summed E-state index contributed by atoms with van der Waals surface area (Å²) in [6, 6.07) is -0.860. The highest BCUT2D eigenvalue weighted by atomic mass is 16.6. The first kappa shape index (κ1) is 18.9. The molecule has 21 heavy (non-hydrogen) atoms. The zero-order valence-electron chi connectivity index (χ0n) is 13.0. The molecule has 120 valence electrons. The largest absolute Gasteiger partial charge is 0.461 e. The average Bonchev–Trinajstić information content (AvgIpc) is 2.37. The molecule has 0 heterocycles. The van der Waals surface area contributed by atoms with Gasteiger partial charge in [-0.15, -0.1) is 0 Å². The van der Waals surface area contributed by atoms with E-state index in [1.165, 1.54) is 13.1 Å². The highest BCUT2D eigenvalue weighted by Crippen LogP contribution is 2.08. The molecule has 0 aliphatic heterocycles. The third-order valence-electron chi connectivity index (χ3n) is 2.25. The van der Waals surface area contributed by atoms with Crippen molar-refractivity contribution in [2.45, 2.75) is 45.3 Å². The van der Waals surface area contributed by atoms with Gasteiger partial charge in [-0.3, -0.25) is 9.59 Å². The molecule has 2 amide bonds.